The van der Waals surface area contributed by atoms with Crippen molar-refractivity contribution in [3.8, 4) is 17.2 Å². The van der Waals surface area contributed by atoms with E-state index >= 15 is 0 Å². The molecular weight excluding hydrogens is 466 g/mol. The Labute approximate surface area is 210 Å². The molecule has 3 heterocycles. The number of nitrogens with zero attached hydrogens (tertiary/aromatic N) is 5. The van der Waals surface area contributed by atoms with E-state index < -0.39 is 5.69 Å². The van der Waals surface area contributed by atoms with Crippen molar-refractivity contribution < 1.29 is 9.53 Å². The van der Waals surface area contributed by atoms with E-state index in [-0.39, 0.29) is 18.2 Å². The smallest absolute Gasteiger partial charge is 0.352 e. The molecule has 1 saturated heterocycles. The molecule has 8 nitrogen and oxygen atoms in total. The minimum absolute atomic E-state index is 0.0228. The molecule has 35 heavy (non-hydrogen) atoms. The quantitative estimate of drug-likeness (QED) is 0.449. The first-order valence-corrected chi connectivity index (χ1v) is 12.4. The molecule has 1 aromatic carbocycles. The molecule has 1 fully saturated rings. The van der Waals surface area contributed by atoms with Gasteiger partial charge in [0.05, 0.1) is 19.8 Å². The van der Waals surface area contributed by atoms with Crippen LogP contribution in [0.3, 0.4) is 0 Å². The number of hydrogen-bond acceptors (Lipinski definition) is 6. The molecule has 1 atom stereocenters. The lowest BCUT2D eigenvalue weighted by Crippen LogP contribution is -2.43. The van der Waals surface area contributed by atoms with Crippen molar-refractivity contribution in [2.45, 2.75) is 46.2 Å². The second-order valence-corrected chi connectivity index (χ2v) is 9.91. The van der Waals surface area contributed by atoms with Gasteiger partial charge in [-0.1, -0.05) is 43.6 Å². The number of ketones is 1. The molecule has 0 aliphatic carbocycles. The molecule has 0 radical (unpaired) electrons. The first kappa shape index (κ1) is 25.3. The Hall–Kier alpha value is -2.81. The fourth-order valence-corrected chi connectivity index (χ4v) is 4.57. The number of aromatic nitrogens is 4. The summed E-state index contributed by atoms with van der Waals surface area (Å²) >= 11 is 6.19. The lowest BCUT2D eigenvalue weighted by molar-refractivity contribution is -0.120. The summed E-state index contributed by atoms with van der Waals surface area (Å²) in [6, 6.07) is 11.3. The van der Waals surface area contributed by atoms with Gasteiger partial charge in [-0.2, -0.15) is 4.68 Å². The molecule has 3 aromatic rings. The van der Waals surface area contributed by atoms with Crippen molar-refractivity contribution in [1.29, 1.82) is 0 Å². The van der Waals surface area contributed by atoms with Gasteiger partial charge in [0.2, 0.25) is 0 Å². The van der Waals surface area contributed by atoms with Crippen LogP contribution in [0.25, 0.3) is 17.2 Å². The van der Waals surface area contributed by atoms with Crippen LogP contribution < -0.4 is 5.69 Å². The van der Waals surface area contributed by atoms with Crippen LogP contribution >= 0.6 is 11.6 Å². The molecule has 186 valence electrons. The fourth-order valence-electron chi connectivity index (χ4n) is 4.38. The van der Waals surface area contributed by atoms with Gasteiger partial charge in [-0.15, -0.1) is 5.10 Å². The summed E-state index contributed by atoms with van der Waals surface area (Å²) in [5.74, 6) is 0.986. The van der Waals surface area contributed by atoms with E-state index in [4.69, 9.17) is 16.3 Å². The molecule has 4 rings (SSSR count). The third-order valence-corrected chi connectivity index (χ3v) is 6.38. The third kappa shape index (κ3) is 6.25. The molecule has 0 bridgehead atoms. The zero-order valence-electron chi connectivity index (χ0n) is 20.5. The number of rotatable bonds is 9. The van der Waals surface area contributed by atoms with Crippen LogP contribution in [0.5, 0.6) is 0 Å². The Bertz CT molecular complexity index is 1210. The standard InChI is InChI=1S/C26H32ClN5O3/c1-18(2)13-23(33)17-31-25(21-5-4-6-22(27)15-21)29-32(26(31)34)24-8-7-20(16-28-24)14-19(3)30-9-11-35-12-10-30/h4-8,15-16,18-19H,9-14,17H2,1-3H3. The summed E-state index contributed by atoms with van der Waals surface area (Å²) in [7, 11) is 0. The molecule has 0 N–H and O–H groups in total. The van der Waals surface area contributed by atoms with Crippen molar-refractivity contribution in [3.05, 3.63) is 63.7 Å². The number of Topliss-reactive ketones (excluding diaryl/α,β-unsaturated/α-hetero) is 1. The van der Waals surface area contributed by atoms with Gasteiger partial charge in [0.25, 0.3) is 0 Å². The van der Waals surface area contributed by atoms with Gasteiger partial charge in [-0.3, -0.25) is 14.3 Å². The summed E-state index contributed by atoms with van der Waals surface area (Å²) in [5, 5.41) is 5.09. The Morgan fingerprint density at radius 2 is 1.91 bits per heavy atom. The first-order chi connectivity index (χ1) is 16.8. The number of hydrogen-bond donors (Lipinski definition) is 0. The van der Waals surface area contributed by atoms with E-state index in [9.17, 15) is 9.59 Å². The third-order valence-electron chi connectivity index (χ3n) is 6.14. The normalized spacial score (nSPS) is 15.5. The zero-order chi connectivity index (χ0) is 24.9. The van der Waals surface area contributed by atoms with Crippen LogP contribution in [0, 0.1) is 5.92 Å². The van der Waals surface area contributed by atoms with E-state index in [0.717, 1.165) is 38.3 Å². The number of pyridine rings is 1. The summed E-state index contributed by atoms with van der Waals surface area (Å²) in [4.78, 5) is 32.9. The molecule has 9 heteroatoms. The van der Waals surface area contributed by atoms with Crippen molar-refractivity contribution in [3.63, 3.8) is 0 Å². The van der Waals surface area contributed by atoms with Crippen molar-refractivity contribution in [1.82, 2.24) is 24.2 Å². The molecular formula is C26H32ClN5O3. The van der Waals surface area contributed by atoms with Gasteiger partial charge >= 0.3 is 5.69 Å². The van der Waals surface area contributed by atoms with Crippen molar-refractivity contribution >= 4 is 17.4 Å². The lowest BCUT2D eigenvalue weighted by atomic mass is 10.1. The van der Waals surface area contributed by atoms with Gasteiger partial charge in [0, 0.05) is 42.3 Å². The molecule has 1 unspecified atom stereocenters. The van der Waals surface area contributed by atoms with E-state index in [1.165, 1.54) is 9.25 Å². The minimum Gasteiger partial charge on any atom is -0.379 e. The lowest BCUT2D eigenvalue weighted by Gasteiger charge is -2.32. The molecule has 0 saturated carbocycles. The van der Waals surface area contributed by atoms with Crippen LogP contribution in [-0.4, -0.2) is 62.4 Å². The van der Waals surface area contributed by atoms with E-state index in [2.05, 4.69) is 21.9 Å². The van der Waals surface area contributed by atoms with Crippen molar-refractivity contribution in [2.24, 2.45) is 5.92 Å². The molecule has 1 aliphatic rings. The average molecular weight is 498 g/mol. The molecule has 0 spiro atoms. The van der Waals surface area contributed by atoms with Gasteiger partial charge in [0.15, 0.2) is 17.4 Å². The Kier molecular flexibility index (Phi) is 8.15. The van der Waals surface area contributed by atoms with E-state index in [1.807, 2.05) is 26.0 Å². The van der Waals surface area contributed by atoms with Crippen LogP contribution in [0.2, 0.25) is 5.02 Å². The van der Waals surface area contributed by atoms with Crippen LogP contribution in [0.4, 0.5) is 0 Å². The largest absolute Gasteiger partial charge is 0.379 e. The number of morpholine rings is 1. The summed E-state index contributed by atoms with van der Waals surface area (Å²) in [6.45, 7) is 9.51. The van der Waals surface area contributed by atoms with E-state index in [1.54, 1.807) is 30.5 Å². The fraction of sp³-hybridized carbons (Fsp3) is 0.462. The second-order valence-electron chi connectivity index (χ2n) is 9.48. The van der Waals surface area contributed by atoms with Gasteiger partial charge in [-0.25, -0.2) is 9.78 Å². The predicted octanol–water partition coefficient (Wildman–Crippen LogP) is 3.63. The number of carbonyl (C=O) groups is 1. The predicted molar refractivity (Wildman–Crippen MR) is 136 cm³/mol. The highest BCUT2D eigenvalue weighted by atomic mass is 35.5. The molecule has 1 aliphatic heterocycles. The van der Waals surface area contributed by atoms with Crippen LogP contribution in [-0.2, 0) is 22.5 Å². The van der Waals surface area contributed by atoms with Gasteiger partial charge < -0.3 is 4.74 Å². The maximum absolute atomic E-state index is 13.4. The topological polar surface area (TPSA) is 82.2 Å². The first-order valence-electron chi connectivity index (χ1n) is 12.1. The molecule has 2 aromatic heterocycles. The van der Waals surface area contributed by atoms with E-state index in [0.29, 0.717) is 34.7 Å². The number of carbonyl (C=O) groups excluding carboxylic acids is 1. The van der Waals surface area contributed by atoms with Crippen LogP contribution in [0.15, 0.2) is 47.4 Å². The van der Waals surface area contributed by atoms with Gasteiger partial charge in [0.1, 0.15) is 0 Å². The highest BCUT2D eigenvalue weighted by Gasteiger charge is 2.21. The van der Waals surface area contributed by atoms with Crippen LogP contribution in [0.1, 0.15) is 32.8 Å². The Balaban J connectivity index is 1.62. The Morgan fingerprint density at radius 1 is 1.14 bits per heavy atom. The highest BCUT2D eigenvalue weighted by molar-refractivity contribution is 6.30. The average Bonchev–Trinajstić information content (AvgIpc) is 3.15. The zero-order valence-corrected chi connectivity index (χ0v) is 21.2. The Morgan fingerprint density at radius 3 is 2.57 bits per heavy atom. The highest BCUT2D eigenvalue weighted by Crippen LogP contribution is 2.21. The van der Waals surface area contributed by atoms with Gasteiger partial charge in [-0.05, 0) is 43.0 Å². The van der Waals surface area contributed by atoms with Crippen molar-refractivity contribution in [2.75, 3.05) is 26.3 Å². The summed E-state index contributed by atoms with van der Waals surface area (Å²) in [5.41, 5.74) is 1.35. The minimum atomic E-state index is -0.404. The monoisotopic (exact) mass is 497 g/mol. The summed E-state index contributed by atoms with van der Waals surface area (Å²) in [6.07, 6.45) is 3.04. The SMILES string of the molecule is CC(C)CC(=O)Cn1c(-c2cccc(Cl)c2)nn(-c2ccc(CC(C)N3CCOCC3)cn2)c1=O. The second kappa shape index (κ2) is 11.3. The number of ether oxygens (including phenoxy) is 1. The maximum Gasteiger partial charge on any atom is 0.352 e. The molecule has 0 amide bonds. The maximum atomic E-state index is 13.4. The number of halogens is 1. The summed E-state index contributed by atoms with van der Waals surface area (Å²) < 4.78 is 8.11. The number of benzene rings is 1.